The molecule has 0 aromatic heterocycles. The van der Waals surface area contributed by atoms with Gasteiger partial charge in [0.1, 0.15) is 11.5 Å². The van der Waals surface area contributed by atoms with Gasteiger partial charge < -0.3 is 9.47 Å². The first kappa shape index (κ1) is 25.0. The van der Waals surface area contributed by atoms with Crippen molar-refractivity contribution in [3.05, 3.63) is 109 Å². The molecule has 0 radical (unpaired) electrons. The van der Waals surface area contributed by atoms with Gasteiger partial charge in [0.15, 0.2) is 6.61 Å². The minimum absolute atomic E-state index is 0.0162. The highest BCUT2D eigenvalue weighted by Crippen LogP contribution is 2.27. The van der Waals surface area contributed by atoms with Crippen molar-refractivity contribution in [1.29, 1.82) is 0 Å². The molecule has 0 saturated heterocycles. The number of nitrogens with zero attached hydrogens (tertiary/aromatic N) is 1. The fourth-order valence-electron chi connectivity index (χ4n) is 3.65. The molecule has 36 heavy (non-hydrogen) atoms. The van der Waals surface area contributed by atoms with Crippen LogP contribution in [0.2, 0.25) is 0 Å². The summed E-state index contributed by atoms with van der Waals surface area (Å²) in [5.41, 5.74) is 3.18. The smallest absolute Gasteiger partial charge is 0.278 e. The van der Waals surface area contributed by atoms with Gasteiger partial charge in [0.25, 0.3) is 15.9 Å². The second-order valence-corrected chi connectivity index (χ2v) is 9.87. The van der Waals surface area contributed by atoms with Gasteiger partial charge in [0.2, 0.25) is 0 Å². The van der Waals surface area contributed by atoms with Gasteiger partial charge in [-0.1, -0.05) is 60.2 Å². The van der Waals surface area contributed by atoms with E-state index in [-0.39, 0.29) is 10.6 Å². The van der Waals surface area contributed by atoms with Crippen LogP contribution in [0.1, 0.15) is 12.5 Å². The van der Waals surface area contributed by atoms with Crippen LogP contribution in [0.25, 0.3) is 11.1 Å². The van der Waals surface area contributed by atoms with Gasteiger partial charge in [-0.05, 0) is 73.5 Å². The van der Waals surface area contributed by atoms with Gasteiger partial charge in [0, 0.05) is 0 Å². The van der Waals surface area contributed by atoms with Crippen molar-refractivity contribution >= 4 is 21.6 Å². The number of benzene rings is 4. The van der Waals surface area contributed by atoms with Gasteiger partial charge in [0.05, 0.1) is 17.2 Å². The quantitative estimate of drug-likeness (QED) is 0.287. The summed E-state index contributed by atoms with van der Waals surface area (Å²) in [5.74, 6) is 0.324. The van der Waals surface area contributed by atoms with Gasteiger partial charge in [-0.25, -0.2) is 8.42 Å². The Morgan fingerprint density at radius 1 is 0.722 bits per heavy atom. The minimum Gasteiger partial charge on any atom is -0.494 e. The first-order valence-electron chi connectivity index (χ1n) is 11.5. The molecule has 4 rings (SSSR count). The molecule has 0 N–H and O–H groups in total. The minimum atomic E-state index is -4.18. The predicted molar refractivity (Wildman–Crippen MR) is 141 cm³/mol. The Balaban J connectivity index is 1.58. The number of aryl methyl sites for hydroxylation is 1. The molecule has 0 unspecified atom stereocenters. The van der Waals surface area contributed by atoms with Crippen molar-refractivity contribution in [3.8, 4) is 22.6 Å². The van der Waals surface area contributed by atoms with Crippen LogP contribution in [0.15, 0.2) is 108 Å². The lowest BCUT2D eigenvalue weighted by Gasteiger charge is -2.23. The number of carbonyl (C=O) groups excluding carboxylic acids is 1. The summed E-state index contributed by atoms with van der Waals surface area (Å²) < 4.78 is 39.0. The Hall–Kier alpha value is -4.10. The van der Waals surface area contributed by atoms with Crippen molar-refractivity contribution < 1.29 is 22.7 Å². The highest BCUT2D eigenvalue weighted by Gasteiger charge is 2.31. The maximum absolute atomic E-state index is 13.5. The predicted octanol–water partition coefficient (Wildman–Crippen LogP) is 5.86. The maximum Gasteiger partial charge on any atom is 0.278 e. The second-order valence-electron chi connectivity index (χ2n) is 8.08. The first-order chi connectivity index (χ1) is 17.4. The third-order valence-corrected chi connectivity index (χ3v) is 7.25. The Labute approximate surface area is 211 Å². The number of anilines is 1. The molecule has 1 amide bonds. The monoisotopic (exact) mass is 501 g/mol. The van der Waals surface area contributed by atoms with Crippen LogP contribution < -0.4 is 13.8 Å². The van der Waals surface area contributed by atoms with E-state index >= 15 is 0 Å². The summed E-state index contributed by atoms with van der Waals surface area (Å²) in [7, 11) is -4.18. The summed E-state index contributed by atoms with van der Waals surface area (Å²) in [4.78, 5) is 13.3. The van der Waals surface area contributed by atoms with E-state index < -0.39 is 22.5 Å². The van der Waals surface area contributed by atoms with Crippen LogP contribution in [-0.4, -0.2) is 27.5 Å². The summed E-state index contributed by atoms with van der Waals surface area (Å²) in [6.07, 6.45) is 0. The van der Waals surface area contributed by atoms with E-state index in [2.05, 4.69) is 0 Å². The fourth-order valence-corrected chi connectivity index (χ4v) is 5.07. The van der Waals surface area contributed by atoms with Crippen molar-refractivity contribution in [2.45, 2.75) is 18.7 Å². The van der Waals surface area contributed by atoms with Crippen LogP contribution in [0.4, 0.5) is 5.69 Å². The molecule has 0 fully saturated rings. The van der Waals surface area contributed by atoms with Crippen LogP contribution in [-0.2, 0) is 14.8 Å². The molecular weight excluding hydrogens is 474 g/mol. The molecule has 4 aromatic rings. The summed E-state index contributed by atoms with van der Waals surface area (Å²) in [5, 5.41) is 0. The maximum atomic E-state index is 13.5. The van der Waals surface area contributed by atoms with Crippen LogP contribution in [0, 0.1) is 6.92 Å². The molecule has 0 atom stereocenters. The van der Waals surface area contributed by atoms with Crippen molar-refractivity contribution in [1.82, 2.24) is 0 Å². The number of carbonyl (C=O) groups is 1. The number of amides is 1. The molecule has 0 heterocycles. The molecule has 4 aromatic carbocycles. The molecule has 0 aliphatic rings. The largest absolute Gasteiger partial charge is 0.494 e. The molecule has 6 nitrogen and oxygen atoms in total. The molecule has 7 heteroatoms. The number of ether oxygens (including phenoxy) is 2. The lowest BCUT2D eigenvalue weighted by molar-refractivity contribution is -0.119. The lowest BCUT2D eigenvalue weighted by atomic mass is 10.1. The molecule has 0 aliphatic carbocycles. The number of hydrogen-bond acceptors (Lipinski definition) is 5. The molecule has 184 valence electrons. The van der Waals surface area contributed by atoms with Crippen LogP contribution >= 0.6 is 0 Å². The second kappa shape index (κ2) is 11.1. The van der Waals surface area contributed by atoms with E-state index in [1.165, 1.54) is 12.1 Å². The standard InChI is InChI=1S/C29H27NO5S/c1-3-34-26-17-13-25(14-18-26)30(36(32,33)28-19-9-22(2)10-20-28)29(31)21-35-27-15-11-24(12-16-27)23-7-5-4-6-8-23/h4-20H,3,21H2,1-2H3. The molecule has 0 bridgehead atoms. The van der Waals surface area contributed by atoms with E-state index in [9.17, 15) is 13.2 Å². The highest BCUT2D eigenvalue weighted by atomic mass is 32.2. The summed E-state index contributed by atoms with van der Waals surface area (Å²) >= 11 is 0. The molecule has 0 spiro atoms. The van der Waals surface area contributed by atoms with Gasteiger partial charge >= 0.3 is 0 Å². The number of hydrogen-bond donors (Lipinski definition) is 0. The molecule has 0 aliphatic heterocycles. The zero-order valence-corrected chi connectivity index (χ0v) is 20.9. The Bertz CT molecular complexity index is 1400. The van der Waals surface area contributed by atoms with Crippen molar-refractivity contribution in [2.24, 2.45) is 0 Å². The van der Waals surface area contributed by atoms with Crippen LogP contribution in [0.5, 0.6) is 11.5 Å². The zero-order valence-electron chi connectivity index (χ0n) is 20.1. The molecular formula is C29H27NO5S. The Morgan fingerprint density at radius 2 is 1.28 bits per heavy atom. The van der Waals surface area contributed by atoms with E-state index in [1.807, 2.05) is 56.3 Å². The Kier molecular flexibility index (Phi) is 7.71. The average molecular weight is 502 g/mol. The van der Waals surface area contributed by atoms with E-state index in [0.717, 1.165) is 21.0 Å². The summed E-state index contributed by atoms with van der Waals surface area (Å²) in [6, 6.07) is 29.9. The van der Waals surface area contributed by atoms with Gasteiger partial charge in [-0.15, -0.1) is 0 Å². The van der Waals surface area contributed by atoms with E-state index in [4.69, 9.17) is 9.47 Å². The van der Waals surface area contributed by atoms with E-state index in [0.29, 0.717) is 18.1 Å². The SMILES string of the molecule is CCOc1ccc(N(C(=O)COc2ccc(-c3ccccc3)cc2)S(=O)(=O)c2ccc(C)cc2)cc1. The van der Waals surface area contributed by atoms with Crippen molar-refractivity contribution in [2.75, 3.05) is 17.5 Å². The number of rotatable bonds is 9. The van der Waals surface area contributed by atoms with Gasteiger partial charge in [-0.3, -0.25) is 4.79 Å². The van der Waals surface area contributed by atoms with Crippen LogP contribution in [0.3, 0.4) is 0 Å². The Morgan fingerprint density at radius 3 is 1.89 bits per heavy atom. The highest BCUT2D eigenvalue weighted by molar-refractivity contribution is 7.93. The van der Waals surface area contributed by atoms with Gasteiger partial charge in [-0.2, -0.15) is 4.31 Å². The topological polar surface area (TPSA) is 72.9 Å². The van der Waals surface area contributed by atoms with Crippen molar-refractivity contribution in [3.63, 3.8) is 0 Å². The third-order valence-electron chi connectivity index (χ3n) is 5.49. The number of sulfonamides is 1. The fraction of sp³-hybridized carbons (Fsp3) is 0.138. The zero-order chi connectivity index (χ0) is 25.5. The average Bonchev–Trinajstić information content (AvgIpc) is 2.90. The lowest BCUT2D eigenvalue weighted by Crippen LogP contribution is -2.40. The normalized spacial score (nSPS) is 11.1. The first-order valence-corrected chi connectivity index (χ1v) is 13.0. The summed E-state index contributed by atoms with van der Waals surface area (Å²) in [6.45, 7) is 3.74. The third kappa shape index (κ3) is 5.75. The van der Waals surface area contributed by atoms with E-state index in [1.54, 1.807) is 48.5 Å². The molecule has 0 saturated carbocycles.